The topological polar surface area (TPSA) is 23.5 Å². The molecule has 3 heteroatoms. The van der Waals surface area contributed by atoms with E-state index in [2.05, 4.69) is 19.0 Å². The second-order valence-electron chi connectivity index (χ2n) is 4.56. The third-order valence-corrected chi connectivity index (χ3v) is 2.95. The van der Waals surface area contributed by atoms with Crippen LogP contribution in [0.3, 0.4) is 0 Å². The molecule has 0 aliphatic heterocycles. The Bertz CT molecular complexity index is 148. The van der Waals surface area contributed by atoms with Crippen LogP contribution in [0.4, 0.5) is 0 Å². The predicted octanol–water partition coefficient (Wildman–Crippen LogP) is 1.91. The Kier molecular flexibility index (Phi) is 5.26. The molecular formula is C10H22ClNO. The second-order valence-corrected chi connectivity index (χ2v) is 4.56. The van der Waals surface area contributed by atoms with Crippen molar-refractivity contribution in [3.8, 4) is 0 Å². The van der Waals surface area contributed by atoms with E-state index >= 15 is 0 Å². The quantitative estimate of drug-likeness (QED) is 0.748. The standard InChI is InChI=1S/C10H21NO.ClH/c1-10(12)7-5-4-6-9(10)8-11(2)3;/h9,12H,4-8H2,1-3H3;1H. The molecule has 0 saturated heterocycles. The lowest BCUT2D eigenvalue weighted by atomic mass is 9.76. The molecule has 2 atom stereocenters. The molecule has 1 fully saturated rings. The molecule has 1 aliphatic rings. The van der Waals surface area contributed by atoms with Crippen LogP contribution in [0.5, 0.6) is 0 Å². The molecule has 13 heavy (non-hydrogen) atoms. The number of hydrogen-bond donors (Lipinski definition) is 1. The fourth-order valence-corrected chi connectivity index (χ4v) is 2.12. The molecular weight excluding hydrogens is 186 g/mol. The highest BCUT2D eigenvalue weighted by Crippen LogP contribution is 2.33. The molecule has 0 aromatic heterocycles. The second kappa shape index (κ2) is 5.18. The monoisotopic (exact) mass is 207 g/mol. The molecule has 0 amide bonds. The van der Waals surface area contributed by atoms with Gasteiger partial charge in [-0.3, -0.25) is 0 Å². The molecule has 0 radical (unpaired) electrons. The average Bonchev–Trinajstić information content (AvgIpc) is 1.92. The summed E-state index contributed by atoms with van der Waals surface area (Å²) in [6.45, 7) is 3.01. The number of hydrogen-bond acceptors (Lipinski definition) is 2. The smallest absolute Gasteiger partial charge is 0.0660 e. The Labute approximate surface area is 87.7 Å². The van der Waals surface area contributed by atoms with E-state index in [1.807, 2.05) is 6.92 Å². The molecule has 0 aromatic rings. The van der Waals surface area contributed by atoms with E-state index in [9.17, 15) is 5.11 Å². The van der Waals surface area contributed by atoms with Crippen LogP contribution in [0.15, 0.2) is 0 Å². The van der Waals surface area contributed by atoms with Crippen molar-refractivity contribution in [3.63, 3.8) is 0 Å². The van der Waals surface area contributed by atoms with Gasteiger partial charge in [-0.1, -0.05) is 12.8 Å². The van der Waals surface area contributed by atoms with Crippen molar-refractivity contribution in [3.05, 3.63) is 0 Å². The molecule has 2 nitrogen and oxygen atoms in total. The van der Waals surface area contributed by atoms with E-state index in [1.54, 1.807) is 0 Å². The Balaban J connectivity index is 0.00000144. The highest BCUT2D eigenvalue weighted by Gasteiger charge is 2.34. The Hall–Kier alpha value is 0.210. The van der Waals surface area contributed by atoms with Gasteiger partial charge in [0.1, 0.15) is 0 Å². The van der Waals surface area contributed by atoms with Gasteiger partial charge in [-0.25, -0.2) is 0 Å². The zero-order valence-corrected chi connectivity index (χ0v) is 9.73. The number of nitrogens with zero attached hydrogens (tertiary/aromatic N) is 1. The highest BCUT2D eigenvalue weighted by atomic mass is 35.5. The van der Waals surface area contributed by atoms with Gasteiger partial charge >= 0.3 is 0 Å². The lowest BCUT2D eigenvalue weighted by molar-refractivity contribution is -0.0398. The maximum Gasteiger partial charge on any atom is 0.0660 e. The van der Waals surface area contributed by atoms with Crippen LogP contribution in [-0.2, 0) is 0 Å². The summed E-state index contributed by atoms with van der Waals surface area (Å²) in [5, 5.41) is 10.1. The minimum atomic E-state index is -0.414. The maximum absolute atomic E-state index is 10.1. The van der Waals surface area contributed by atoms with Crippen molar-refractivity contribution in [2.45, 2.75) is 38.2 Å². The van der Waals surface area contributed by atoms with E-state index in [0.717, 1.165) is 13.0 Å². The van der Waals surface area contributed by atoms with Gasteiger partial charge in [0.05, 0.1) is 5.60 Å². The van der Waals surface area contributed by atoms with Crippen LogP contribution in [0, 0.1) is 5.92 Å². The minimum absolute atomic E-state index is 0. The fourth-order valence-electron chi connectivity index (χ4n) is 2.12. The molecule has 0 bridgehead atoms. The summed E-state index contributed by atoms with van der Waals surface area (Å²) in [7, 11) is 4.15. The van der Waals surface area contributed by atoms with Gasteiger partial charge in [0, 0.05) is 12.5 Å². The van der Waals surface area contributed by atoms with Gasteiger partial charge < -0.3 is 10.0 Å². The Morgan fingerprint density at radius 2 is 2.00 bits per heavy atom. The van der Waals surface area contributed by atoms with Crippen LogP contribution in [0.2, 0.25) is 0 Å². The van der Waals surface area contributed by atoms with Crippen LogP contribution >= 0.6 is 12.4 Å². The van der Waals surface area contributed by atoms with Crippen LogP contribution in [0.1, 0.15) is 32.6 Å². The number of aliphatic hydroxyl groups is 1. The third-order valence-electron chi connectivity index (χ3n) is 2.95. The van der Waals surface area contributed by atoms with E-state index < -0.39 is 5.60 Å². The average molecular weight is 208 g/mol. The van der Waals surface area contributed by atoms with Gasteiger partial charge in [0.25, 0.3) is 0 Å². The summed E-state index contributed by atoms with van der Waals surface area (Å²) in [6.07, 6.45) is 4.64. The normalized spacial score (nSPS) is 34.4. The molecule has 80 valence electrons. The van der Waals surface area contributed by atoms with Gasteiger partial charge in [0.15, 0.2) is 0 Å². The molecule has 1 aliphatic carbocycles. The van der Waals surface area contributed by atoms with Crippen molar-refractivity contribution in [1.29, 1.82) is 0 Å². The first-order chi connectivity index (χ1) is 5.52. The van der Waals surface area contributed by atoms with E-state index in [4.69, 9.17) is 0 Å². The van der Waals surface area contributed by atoms with Gasteiger partial charge in [-0.05, 0) is 33.9 Å². The molecule has 2 unspecified atom stereocenters. The van der Waals surface area contributed by atoms with Gasteiger partial charge in [0.2, 0.25) is 0 Å². The van der Waals surface area contributed by atoms with Crippen LogP contribution in [0.25, 0.3) is 0 Å². The van der Waals surface area contributed by atoms with Crippen molar-refractivity contribution >= 4 is 12.4 Å². The summed E-state index contributed by atoms with van der Waals surface area (Å²) in [4.78, 5) is 2.17. The third kappa shape index (κ3) is 3.84. The number of rotatable bonds is 2. The molecule has 1 rings (SSSR count). The first-order valence-corrected chi connectivity index (χ1v) is 4.89. The summed E-state index contributed by atoms with van der Waals surface area (Å²) in [5.41, 5.74) is -0.414. The first-order valence-electron chi connectivity index (χ1n) is 4.89. The van der Waals surface area contributed by atoms with Crippen molar-refractivity contribution in [2.24, 2.45) is 5.92 Å². The minimum Gasteiger partial charge on any atom is -0.390 e. The highest BCUT2D eigenvalue weighted by molar-refractivity contribution is 5.85. The SMILES string of the molecule is CN(C)CC1CCCCC1(C)O.Cl. The van der Waals surface area contributed by atoms with Crippen molar-refractivity contribution in [1.82, 2.24) is 4.90 Å². The largest absolute Gasteiger partial charge is 0.390 e. The lowest BCUT2D eigenvalue weighted by Gasteiger charge is -2.38. The van der Waals surface area contributed by atoms with Gasteiger partial charge in [-0.2, -0.15) is 0 Å². The Morgan fingerprint density at radius 3 is 2.46 bits per heavy atom. The van der Waals surface area contributed by atoms with Crippen LogP contribution < -0.4 is 0 Å². The summed E-state index contributed by atoms with van der Waals surface area (Å²) >= 11 is 0. The van der Waals surface area contributed by atoms with E-state index in [0.29, 0.717) is 5.92 Å². The summed E-state index contributed by atoms with van der Waals surface area (Å²) in [6, 6.07) is 0. The van der Waals surface area contributed by atoms with E-state index in [-0.39, 0.29) is 12.4 Å². The molecule has 1 N–H and O–H groups in total. The molecule has 0 heterocycles. The van der Waals surface area contributed by atoms with Crippen molar-refractivity contribution < 1.29 is 5.11 Å². The molecule has 0 aromatic carbocycles. The zero-order valence-electron chi connectivity index (χ0n) is 8.92. The Morgan fingerprint density at radius 1 is 1.38 bits per heavy atom. The van der Waals surface area contributed by atoms with Gasteiger partial charge in [-0.15, -0.1) is 12.4 Å². The predicted molar refractivity (Wildman–Crippen MR) is 58.4 cm³/mol. The summed E-state index contributed by atoms with van der Waals surface area (Å²) < 4.78 is 0. The van der Waals surface area contributed by atoms with E-state index in [1.165, 1.54) is 19.3 Å². The summed E-state index contributed by atoms with van der Waals surface area (Å²) in [5.74, 6) is 0.473. The lowest BCUT2D eigenvalue weighted by Crippen LogP contribution is -2.42. The van der Waals surface area contributed by atoms with Crippen LogP contribution in [-0.4, -0.2) is 36.2 Å². The van der Waals surface area contributed by atoms with Crippen molar-refractivity contribution in [2.75, 3.05) is 20.6 Å². The maximum atomic E-state index is 10.1. The zero-order chi connectivity index (χ0) is 9.19. The molecule has 0 spiro atoms. The first kappa shape index (κ1) is 13.2. The molecule has 1 saturated carbocycles. The fraction of sp³-hybridized carbons (Fsp3) is 1.00. The number of halogens is 1.